The first-order valence-corrected chi connectivity index (χ1v) is 6.67. The van der Waals surface area contributed by atoms with Gasteiger partial charge in [-0.25, -0.2) is 9.78 Å². The van der Waals surface area contributed by atoms with E-state index < -0.39 is 5.97 Å². The van der Waals surface area contributed by atoms with Gasteiger partial charge in [0, 0.05) is 4.47 Å². The van der Waals surface area contributed by atoms with Crippen LogP contribution in [0.2, 0.25) is 0 Å². The third kappa shape index (κ3) is 3.24. The van der Waals surface area contributed by atoms with Crippen LogP contribution >= 0.6 is 31.9 Å². The van der Waals surface area contributed by atoms with Crippen molar-refractivity contribution in [3.63, 3.8) is 0 Å². The lowest BCUT2D eigenvalue weighted by Crippen LogP contribution is -2.03. The van der Waals surface area contributed by atoms with Crippen LogP contribution < -0.4 is 10.5 Å². The van der Waals surface area contributed by atoms with Gasteiger partial charge in [0.25, 0.3) is 0 Å². The molecule has 0 saturated heterocycles. The number of nitrogens with two attached hydrogens (primary N) is 1. The van der Waals surface area contributed by atoms with Crippen molar-refractivity contribution >= 4 is 43.5 Å². The highest BCUT2D eigenvalue weighted by Gasteiger charge is 2.15. The number of pyridine rings is 1. The van der Waals surface area contributed by atoms with Crippen LogP contribution in [0.25, 0.3) is 0 Å². The Labute approximate surface area is 125 Å². The Morgan fingerprint density at radius 3 is 2.68 bits per heavy atom. The van der Waals surface area contributed by atoms with Gasteiger partial charge in [-0.1, -0.05) is 15.9 Å². The van der Waals surface area contributed by atoms with Crippen molar-refractivity contribution in [3.8, 4) is 11.6 Å². The van der Waals surface area contributed by atoms with E-state index in [4.69, 9.17) is 15.6 Å². The van der Waals surface area contributed by atoms with Gasteiger partial charge in [-0.2, -0.15) is 0 Å². The average Bonchev–Trinajstić information content (AvgIpc) is 2.34. The van der Waals surface area contributed by atoms with Gasteiger partial charge in [-0.15, -0.1) is 0 Å². The van der Waals surface area contributed by atoms with E-state index in [-0.39, 0.29) is 17.1 Å². The summed E-state index contributed by atoms with van der Waals surface area (Å²) in [4.78, 5) is 15.0. The number of hydrogen-bond acceptors (Lipinski definition) is 4. The number of carboxylic acids is 1. The molecular formula is C12H8Br2N2O3. The Hall–Kier alpha value is -1.60. The summed E-state index contributed by atoms with van der Waals surface area (Å²) in [5.74, 6) is -0.698. The molecule has 0 aliphatic carbocycles. The first-order valence-electron chi connectivity index (χ1n) is 5.09. The summed E-state index contributed by atoms with van der Waals surface area (Å²) >= 11 is 6.64. The van der Waals surface area contributed by atoms with Crippen LogP contribution in [0.4, 0.5) is 5.69 Å². The fourth-order valence-corrected chi connectivity index (χ4v) is 2.49. The van der Waals surface area contributed by atoms with Gasteiger partial charge in [0.1, 0.15) is 11.3 Å². The maximum atomic E-state index is 11.1. The van der Waals surface area contributed by atoms with Crippen molar-refractivity contribution in [3.05, 3.63) is 45.0 Å². The number of ether oxygens (including phenoxy) is 1. The molecule has 0 aliphatic heterocycles. The van der Waals surface area contributed by atoms with E-state index in [0.717, 1.165) is 4.47 Å². The minimum atomic E-state index is -1.15. The number of carboxylic acid groups (broad SMARTS) is 1. The molecule has 2 rings (SSSR count). The lowest BCUT2D eigenvalue weighted by Gasteiger charge is -2.09. The van der Waals surface area contributed by atoms with Crippen LogP contribution in [0.1, 0.15) is 10.4 Å². The molecule has 0 unspecified atom stereocenters. The molecule has 98 valence electrons. The Balaban J connectivity index is 2.40. The van der Waals surface area contributed by atoms with Crippen molar-refractivity contribution in [2.24, 2.45) is 0 Å². The number of anilines is 1. The van der Waals surface area contributed by atoms with Crippen LogP contribution in [-0.4, -0.2) is 16.1 Å². The predicted octanol–water partition coefficient (Wildman–Crippen LogP) is 3.68. The molecule has 1 aromatic heterocycles. The lowest BCUT2D eigenvalue weighted by atomic mass is 10.2. The lowest BCUT2D eigenvalue weighted by molar-refractivity contribution is 0.0693. The molecule has 0 bridgehead atoms. The highest BCUT2D eigenvalue weighted by molar-refractivity contribution is 9.11. The molecule has 0 atom stereocenters. The standard InChI is InChI=1S/C12H8Br2N2O3/c13-6-1-2-10(9(14)3-6)19-11-8(12(17)18)4-7(15)5-16-11/h1-5H,15H2,(H,17,18). The molecule has 0 radical (unpaired) electrons. The molecular weight excluding hydrogens is 380 g/mol. The normalized spacial score (nSPS) is 10.2. The maximum Gasteiger partial charge on any atom is 0.341 e. The highest BCUT2D eigenvalue weighted by Crippen LogP contribution is 2.32. The molecule has 19 heavy (non-hydrogen) atoms. The largest absolute Gasteiger partial charge is 0.477 e. The van der Waals surface area contributed by atoms with Gasteiger partial charge in [-0.05, 0) is 40.2 Å². The first-order chi connectivity index (χ1) is 8.97. The van der Waals surface area contributed by atoms with Crippen molar-refractivity contribution < 1.29 is 14.6 Å². The zero-order valence-corrected chi connectivity index (χ0v) is 12.6. The third-order valence-corrected chi connectivity index (χ3v) is 3.32. The number of carbonyl (C=O) groups is 1. The molecule has 1 aromatic carbocycles. The van der Waals surface area contributed by atoms with Gasteiger partial charge >= 0.3 is 5.97 Å². The average molecular weight is 388 g/mol. The summed E-state index contributed by atoms with van der Waals surface area (Å²) in [6, 6.07) is 6.56. The van der Waals surface area contributed by atoms with Crippen molar-refractivity contribution in [1.82, 2.24) is 4.98 Å². The Morgan fingerprint density at radius 1 is 1.32 bits per heavy atom. The zero-order chi connectivity index (χ0) is 14.0. The second-order valence-electron chi connectivity index (χ2n) is 3.60. The van der Waals surface area contributed by atoms with E-state index in [1.807, 2.05) is 0 Å². The summed E-state index contributed by atoms with van der Waals surface area (Å²) in [6.45, 7) is 0. The summed E-state index contributed by atoms with van der Waals surface area (Å²) in [7, 11) is 0. The summed E-state index contributed by atoms with van der Waals surface area (Å²) in [5.41, 5.74) is 5.69. The molecule has 0 amide bonds. The van der Waals surface area contributed by atoms with Crippen molar-refractivity contribution in [1.29, 1.82) is 0 Å². The topological polar surface area (TPSA) is 85.4 Å². The van der Waals surface area contributed by atoms with Gasteiger partial charge < -0.3 is 15.6 Å². The number of rotatable bonds is 3. The van der Waals surface area contributed by atoms with Crippen LogP contribution in [0.3, 0.4) is 0 Å². The monoisotopic (exact) mass is 386 g/mol. The number of nitrogens with zero attached hydrogens (tertiary/aromatic N) is 1. The van der Waals surface area contributed by atoms with E-state index >= 15 is 0 Å². The molecule has 7 heteroatoms. The molecule has 5 nitrogen and oxygen atoms in total. The highest BCUT2D eigenvalue weighted by atomic mass is 79.9. The molecule has 0 aliphatic rings. The van der Waals surface area contributed by atoms with E-state index in [9.17, 15) is 4.79 Å². The van der Waals surface area contributed by atoms with E-state index in [2.05, 4.69) is 36.8 Å². The molecule has 0 fully saturated rings. The second-order valence-corrected chi connectivity index (χ2v) is 5.37. The summed E-state index contributed by atoms with van der Waals surface area (Å²) in [6.07, 6.45) is 1.34. The van der Waals surface area contributed by atoms with Crippen LogP contribution in [0.5, 0.6) is 11.6 Å². The molecule has 0 saturated carbocycles. The van der Waals surface area contributed by atoms with Gasteiger partial charge in [0.15, 0.2) is 0 Å². The Kier molecular flexibility index (Phi) is 4.06. The van der Waals surface area contributed by atoms with Crippen LogP contribution in [0.15, 0.2) is 39.4 Å². The maximum absolute atomic E-state index is 11.1. The van der Waals surface area contributed by atoms with Crippen molar-refractivity contribution in [2.75, 3.05) is 5.73 Å². The quantitative estimate of drug-likeness (QED) is 0.838. The van der Waals surface area contributed by atoms with Gasteiger partial charge in [-0.3, -0.25) is 0 Å². The minimum Gasteiger partial charge on any atom is -0.477 e. The number of hydrogen-bond donors (Lipinski definition) is 2. The van der Waals surface area contributed by atoms with E-state index in [1.165, 1.54) is 12.3 Å². The van der Waals surface area contributed by atoms with Gasteiger partial charge in [0.2, 0.25) is 5.88 Å². The number of aromatic carboxylic acids is 1. The Bertz CT molecular complexity index is 647. The SMILES string of the molecule is Nc1cnc(Oc2ccc(Br)cc2Br)c(C(=O)O)c1. The number of aromatic nitrogens is 1. The summed E-state index contributed by atoms with van der Waals surface area (Å²) < 4.78 is 7.04. The first kappa shape index (κ1) is 13.8. The third-order valence-electron chi connectivity index (χ3n) is 2.20. The molecule has 2 aromatic rings. The second kappa shape index (κ2) is 5.58. The molecule has 1 heterocycles. The number of benzene rings is 1. The zero-order valence-electron chi connectivity index (χ0n) is 9.43. The fraction of sp³-hybridized carbons (Fsp3) is 0. The Morgan fingerprint density at radius 2 is 2.05 bits per heavy atom. The molecule has 0 spiro atoms. The summed E-state index contributed by atoms with van der Waals surface area (Å²) in [5, 5.41) is 9.09. The van der Waals surface area contributed by atoms with E-state index in [0.29, 0.717) is 10.2 Å². The van der Waals surface area contributed by atoms with Crippen LogP contribution in [-0.2, 0) is 0 Å². The fourth-order valence-electron chi connectivity index (χ4n) is 1.37. The smallest absolute Gasteiger partial charge is 0.341 e. The van der Waals surface area contributed by atoms with Crippen LogP contribution in [0, 0.1) is 0 Å². The predicted molar refractivity (Wildman–Crippen MR) is 77.5 cm³/mol. The van der Waals surface area contributed by atoms with Crippen molar-refractivity contribution in [2.45, 2.75) is 0 Å². The van der Waals surface area contributed by atoms with Gasteiger partial charge in [0.05, 0.1) is 16.4 Å². The number of nitrogen functional groups attached to an aromatic ring is 1. The minimum absolute atomic E-state index is 0.00952. The molecule has 3 N–H and O–H groups in total. The number of halogens is 2. The van der Waals surface area contributed by atoms with E-state index in [1.54, 1.807) is 18.2 Å².